The lowest BCUT2D eigenvalue weighted by Gasteiger charge is -2.32. The zero-order valence-corrected chi connectivity index (χ0v) is 17.8. The molecule has 0 radical (unpaired) electrons. The number of halogens is 2. The molecular weight excluding hydrogens is 411 g/mol. The van der Waals surface area contributed by atoms with Gasteiger partial charge >= 0.3 is 0 Å². The Kier molecular flexibility index (Phi) is 7.40. The zero-order valence-electron chi connectivity index (χ0n) is 16.3. The van der Waals surface area contributed by atoms with Crippen LogP contribution in [0.4, 0.5) is 0 Å². The summed E-state index contributed by atoms with van der Waals surface area (Å²) >= 11 is 12.2. The first-order valence-electron chi connectivity index (χ1n) is 9.72. The van der Waals surface area contributed by atoms with E-state index in [-0.39, 0.29) is 24.3 Å². The highest BCUT2D eigenvalue weighted by atomic mass is 35.5. The van der Waals surface area contributed by atoms with Crippen molar-refractivity contribution >= 4 is 35.0 Å². The van der Waals surface area contributed by atoms with Crippen molar-refractivity contribution in [2.24, 2.45) is 5.92 Å². The SMILES string of the molecule is CCNC(=O)C1CCCN(C(=O)c2ccccc2OCc2ccc(Cl)cc2Cl)C1. The summed E-state index contributed by atoms with van der Waals surface area (Å²) in [7, 11) is 0. The highest BCUT2D eigenvalue weighted by molar-refractivity contribution is 6.35. The van der Waals surface area contributed by atoms with Crippen molar-refractivity contribution in [2.45, 2.75) is 26.4 Å². The summed E-state index contributed by atoms with van der Waals surface area (Å²) in [5, 5.41) is 3.92. The molecule has 0 aromatic heterocycles. The van der Waals surface area contributed by atoms with Crippen molar-refractivity contribution in [2.75, 3.05) is 19.6 Å². The van der Waals surface area contributed by atoms with E-state index < -0.39 is 0 Å². The number of nitrogens with zero attached hydrogens (tertiary/aromatic N) is 1. The monoisotopic (exact) mass is 434 g/mol. The van der Waals surface area contributed by atoms with Crippen molar-refractivity contribution in [3.8, 4) is 5.75 Å². The Hall–Kier alpha value is -2.24. The third-order valence-electron chi connectivity index (χ3n) is 4.95. The van der Waals surface area contributed by atoms with E-state index in [1.165, 1.54) is 0 Å². The number of hydrogen-bond acceptors (Lipinski definition) is 3. The highest BCUT2D eigenvalue weighted by Crippen LogP contribution is 2.26. The minimum absolute atomic E-state index is 0.00640. The Balaban J connectivity index is 1.72. The molecular formula is C22H24Cl2N2O3. The number of rotatable bonds is 6. The first kappa shape index (κ1) is 21.5. The van der Waals surface area contributed by atoms with E-state index in [2.05, 4.69) is 5.32 Å². The quantitative estimate of drug-likeness (QED) is 0.724. The van der Waals surface area contributed by atoms with Crippen LogP contribution in [0, 0.1) is 5.92 Å². The van der Waals surface area contributed by atoms with Crippen molar-refractivity contribution < 1.29 is 14.3 Å². The van der Waals surface area contributed by atoms with Crippen molar-refractivity contribution in [1.82, 2.24) is 10.2 Å². The second-order valence-electron chi connectivity index (χ2n) is 7.01. The molecule has 2 amide bonds. The number of ether oxygens (including phenoxy) is 1. The smallest absolute Gasteiger partial charge is 0.257 e. The standard InChI is InChI=1S/C22H24Cl2N2O3/c1-2-25-21(27)15-6-5-11-26(13-15)22(28)18-7-3-4-8-20(18)29-14-16-9-10-17(23)12-19(16)24/h3-4,7-10,12,15H,2,5-6,11,13-14H2,1H3,(H,25,27). The molecule has 0 saturated carbocycles. The van der Waals surface area contributed by atoms with E-state index in [1.54, 1.807) is 41.3 Å². The average molecular weight is 435 g/mol. The number of hydrogen-bond donors (Lipinski definition) is 1. The third kappa shape index (κ3) is 5.43. The van der Waals surface area contributed by atoms with E-state index in [4.69, 9.17) is 27.9 Å². The fraction of sp³-hybridized carbons (Fsp3) is 0.364. The van der Waals surface area contributed by atoms with Crippen LogP contribution in [0.15, 0.2) is 42.5 Å². The minimum Gasteiger partial charge on any atom is -0.488 e. The van der Waals surface area contributed by atoms with Gasteiger partial charge in [-0.2, -0.15) is 0 Å². The predicted molar refractivity (Wildman–Crippen MR) is 115 cm³/mol. The molecule has 3 rings (SSSR count). The molecule has 1 fully saturated rings. The van der Waals surface area contributed by atoms with Gasteiger partial charge < -0.3 is 15.0 Å². The molecule has 2 aromatic rings. The number of benzene rings is 2. The zero-order chi connectivity index (χ0) is 20.8. The number of likely N-dealkylation sites (tertiary alicyclic amines) is 1. The van der Waals surface area contributed by atoms with E-state index in [9.17, 15) is 9.59 Å². The summed E-state index contributed by atoms with van der Waals surface area (Å²) in [6.45, 7) is 3.76. The van der Waals surface area contributed by atoms with Gasteiger partial charge in [0.15, 0.2) is 0 Å². The summed E-state index contributed by atoms with van der Waals surface area (Å²) in [6.07, 6.45) is 1.60. The number of carbonyl (C=O) groups is 2. The van der Waals surface area contributed by atoms with Crippen LogP contribution in [0.1, 0.15) is 35.7 Å². The summed E-state index contributed by atoms with van der Waals surface area (Å²) in [5.41, 5.74) is 1.27. The number of amides is 2. The van der Waals surface area contributed by atoms with Crippen LogP contribution >= 0.6 is 23.2 Å². The lowest BCUT2D eigenvalue weighted by atomic mass is 9.96. The maximum absolute atomic E-state index is 13.1. The lowest BCUT2D eigenvalue weighted by molar-refractivity contribution is -0.126. The normalized spacial score (nSPS) is 16.4. The van der Waals surface area contributed by atoms with Crippen LogP contribution in [0.3, 0.4) is 0 Å². The maximum atomic E-state index is 13.1. The Bertz CT molecular complexity index is 888. The molecule has 1 saturated heterocycles. The van der Waals surface area contributed by atoms with E-state index in [0.717, 1.165) is 18.4 Å². The van der Waals surface area contributed by atoms with Crippen molar-refractivity contribution in [1.29, 1.82) is 0 Å². The topological polar surface area (TPSA) is 58.6 Å². The van der Waals surface area contributed by atoms with Crippen molar-refractivity contribution in [3.05, 3.63) is 63.6 Å². The van der Waals surface area contributed by atoms with Crippen LogP contribution in [0.2, 0.25) is 10.0 Å². The molecule has 5 nitrogen and oxygen atoms in total. The van der Waals surface area contributed by atoms with Gasteiger partial charge in [0.25, 0.3) is 5.91 Å². The van der Waals surface area contributed by atoms with Crippen LogP contribution in [0.5, 0.6) is 5.75 Å². The molecule has 1 N–H and O–H groups in total. The Labute approximate surface area is 180 Å². The second kappa shape index (κ2) is 9.99. The average Bonchev–Trinajstić information content (AvgIpc) is 2.73. The molecule has 0 bridgehead atoms. The van der Waals surface area contributed by atoms with Gasteiger partial charge in [-0.15, -0.1) is 0 Å². The number of piperidine rings is 1. The van der Waals surface area contributed by atoms with Gasteiger partial charge in [0.05, 0.1) is 11.5 Å². The van der Waals surface area contributed by atoms with E-state index in [1.807, 2.05) is 13.0 Å². The summed E-state index contributed by atoms with van der Waals surface area (Å²) < 4.78 is 5.91. The summed E-state index contributed by atoms with van der Waals surface area (Å²) in [6, 6.07) is 12.4. The largest absolute Gasteiger partial charge is 0.488 e. The molecule has 0 spiro atoms. The number of para-hydroxylation sites is 1. The molecule has 2 aromatic carbocycles. The predicted octanol–water partition coefficient (Wildman–Crippen LogP) is 4.56. The first-order valence-corrected chi connectivity index (χ1v) is 10.5. The molecule has 29 heavy (non-hydrogen) atoms. The van der Waals surface area contributed by atoms with Gasteiger partial charge in [0, 0.05) is 35.2 Å². The Morgan fingerprint density at radius 1 is 1.21 bits per heavy atom. The Morgan fingerprint density at radius 3 is 2.76 bits per heavy atom. The molecule has 1 atom stereocenters. The van der Waals surface area contributed by atoms with Gasteiger partial charge in [0.2, 0.25) is 5.91 Å². The molecule has 1 unspecified atom stereocenters. The van der Waals surface area contributed by atoms with Crippen LogP contribution in [-0.2, 0) is 11.4 Å². The molecule has 154 valence electrons. The number of carbonyl (C=O) groups excluding carboxylic acids is 2. The Morgan fingerprint density at radius 2 is 2.00 bits per heavy atom. The highest BCUT2D eigenvalue weighted by Gasteiger charge is 2.29. The molecule has 7 heteroatoms. The van der Waals surface area contributed by atoms with Crippen molar-refractivity contribution in [3.63, 3.8) is 0 Å². The van der Waals surface area contributed by atoms with Crippen LogP contribution < -0.4 is 10.1 Å². The van der Waals surface area contributed by atoms with Gasteiger partial charge in [0.1, 0.15) is 12.4 Å². The van der Waals surface area contributed by atoms with E-state index >= 15 is 0 Å². The fourth-order valence-corrected chi connectivity index (χ4v) is 3.89. The lowest BCUT2D eigenvalue weighted by Crippen LogP contribution is -2.45. The van der Waals surface area contributed by atoms with E-state index in [0.29, 0.717) is 41.0 Å². The molecule has 1 heterocycles. The first-order chi connectivity index (χ1) is 14.0. The fourth-order valence-electron chi connectivity index (χ4n) is 3.43. The van der Waals surface area contributed by atoms with Gasteiger partial charge in [-0.3, -0.25) is 9.59 Å². The van der Waals surface area contributed by atoms with Crippen LogP contribution in [0.25, 0.3) is 0 Å². The molecule has 1 aliphatic heterocycles. The van der Waals surface area contributed by atoms with Gasteiger partial charge in [-0.05, 0) is 44.0 Å². The third-order valence-corrected chi connectivity index (χ3v) is 5.53. The summed E-state index contributed by atoms with van der Waals surface area (Å²) in [4.78, 5) is 27.1. The van der Waals surface area contributed by atoms with Crippen LogP contribution in [-0.4, -0.2) is 36.3 Å². The summed E-state index contributed by atoms with van der Waals surface area (Å²) in [5.74, 6) is 0.195. The maximum Gasteiger partial charge on any atom is 0.257 e. The van der Waals surface area contributed by atoms with Gasteiger partial charge in [-0.25, -0.2) is 0 Å². The second-order valence-corrected chi connectivity index (χ2v) is 7.85. The minimum atomic E-state index is -0.173. The molecule has 1 aliphatic rings. The molecule has 0 aliphatic carbocycles. The van der Waals surface area contributed by atoms with Gasteiger partial charge in [-0.1, -0.05) is 41.4 Å². The number of nitrogens with one attached hydrogen (secondary N) is 1.